The van der Waals surface area contributed by atoms with E-state index >= 15 is 0 Å². The third-order valence-electron chi connectivity index (χ3n) is 2.84. The maximum absolute atomic E-state index is 13.7. The van der Waals surface area contributed by atoms with Crippen molar-refractivity contribution >= 4 is 17.4 Å². The number of halogens is 2. The van der Waals surface area contributed by atoms with Gasteiger partial charge in [0.15, 0.2) is 0 Å². The Balaban J connectivity index is 2.69. The van der Waals surface area contributed by atoms with Crippen LogP contribution in [0.15, 0.2) is 23.4 Å². The number of nitrogens with two attached hydrogens (primary N) is 1. The molecule has 6 heteroatoms. The van der Waals surface area contributed by atoms with Gasteiger partial charge in [0.25, 0.3) is 0 Å². The van der Waals surface area contributed by atoms with Crippen molar-refractivity contribution in [2.45, 2.75) is 25.9 Å². The van der Waals surface area contributed by atoms with Gasteiger partial charge in [-0.3, -0.25) is 4.90 Å². The fourth-order valence-corrected chi connectivity index (χ4v) is 1.79. The number of hydrogen-bond acceptors (Lipinski definition) is 3. The molecule has 4 nitrogen and oxygen atoms in total. The van der Waals surface area contributed by atoms with E-state index in [0.717, 1.165) is 0 Å². The molecule has 0 spiro atoms. The highest BCUT2D eigenvalue weighted by atomic mass is 35.5. The standard InChI is InChI=1S/C12H17ClFN3O/c1-8(6-11(15)16-18)17(2)7-9-4-3-5-10(13)12(9)14/h3-5,8,18H,6-7H2,1-2H3,(H2,15,16). The van der Waals surface area contributed by atoms with Crippen molar-refractivity contribution < 1.29 is 9.60 Å². The van der Waals surface area contributed by atoms with Gasteiger partial charge in [0.1, 0.15) is 11.7 Å². The third-order valence-corrected chi connectivity index (χ3v) is 3.13. The second-order valence-electron chi connectivity index (χ2n) is 4.27. The van der Waals surface area contributed by atoms with Crippen LogP contribution in [0.4, 0.5) is 4.39 Å². The van der Waals surface area contributed by atoms with E-state index in [9.17, 15) is 4.39 Å². The van der Waals surface area contributed by atoms with Crippen molar-refractivity contribution in [3.63, 3.8) is 0 Å². The summed E-state index contributed by atoms with van der Waals surface area (Å²) in [5.41, 5.74) is 5.96. The number of oxime groups is 1. The normalized spacial score (nSPS) is 13.9. The SMILES string of the molecule is CC(C/C(N)=N/O)N(C)Cc1cccc(Cl)c1F. The number of amidine groups is 1. The van der Waals surface area contributed by atoms with E-state index in [-0.39, 0.29) is 16.9 Å². The first-order valence-electron chi connectivity index (χ1n) is 5.55. The Labute approximate surface area is 111 Å². The zero-order valence-corrected chi connectivity index (χ0v) is 11.2. The van der Waals surface area contributed by atoms with E-state index in [0.29, 0.717) is 18.5 Å². The van der Waals surface area contributed by atoms with Gasteiger partial charge >= 0.3 is 0 Å². The maximum atomic E-state index is 13.7. The third kappa shape index (κ3) is 3.85. The molecule has 1 aromatic rings. The lowest BCUT2D eigenvalue weighted by molar-refractivity contribution is 0.248. The zero-order chi connectivity index (χ0) is 13.7. The quantitative estimate of drug-likeness (QED) is 0.375. The zero-order valence-electron chi connectivity index (χ0n) is 10.4. The smallest absolute Gasteiger partial charge is 0.146 e. The molecule has 1 aromatic carbocycles. The number of benzene rings is 1. The van der Waals surface area contributed by atoms with Crippen LogP contribution in [0, 0.1) is 5.82 Å². The first-order chi connectivity index (χ1) is 8.45. The summed E-state index contributed by atoms with van der Waals surface area (Å²) in [5, 5.41) is 11.5. The van der Waals surface area contributed by atoms with Crippen molar-refractivity contribution in [1.82, 2.24) is 4.90 Å². The minimum Gasteiger partial charge on any atom is -0.409 e. The highest BCUT2D eigenvalue weighted by molar-refractivity contribution is 6.30. The molecule has 1 rings (SSSR count). The second kappa shape index (κ2) is 6.56. The van der Waals surface area contributed by atoms with Crippen LogP contribution in [0.3, 0.4) is 0 Å². The van der Waals surface area contributed by atoms with Gasteiger partial charge in [-0.15, -0.1) is 0 Å². The summed E-state index contributed by atoms with van der Waals surface area (Å²) in [6.07, 6.45) is 0.412. The van der Waals surface area contributed by atoms with Gasteiger partial charge in [-0.2, -0.15) is 0 Å². The van der Waals surface area contributed by atoms with E-state index in [4.69, 9.17) is 22.5 Å². The maximum Gasteiger partial charge on any atom is 0.146 e. The summed E-state index contributed by atoms with van der Waals surface area (Å²) < 4.78 is 13.7. The van der Waals surface area contributed by atoms with Crippen LogP contribution in [-0.4, -0.2) is 29.0 Å². The molecule has 0 saturated carbocycles. The monoisotopic (exact) mass is 273 g/mol. The van der Waals surface area contributed by atoms with Crippen LogP contribution >= 0.6 is 11.6 Å². The lowest BCUT2D eigenvalue weighted by Gasteiger charge is -2.24. The van der Waals surface area contributed by atoms with Crippen LogP contribution in [0.25, 0.3) is 0 Å². The Morgan fingerprint density at radius 2 is 2.28 bits per heavy atom. The lowest BCUT2D eigenvalue weighted by Crippen LogP contribution is -2.33. The summed E-state index contributed by atoms with van der Waals surface area (Å²) in [5.74, 6) is -0.247. The van der Waals surface area contributed by atoms with Gasteiger partial charge in [0.2, 0.25) is 0 Å². The molecule has 0 amide bonds. The summed E-state index contributed by atoms with van der Waals surface area (Å²) in [4.78, 5) is 1.91. The number of nitrogens with zero attached hydrogens (tertiary/aromatic N) is 2. The van der Waals surface area contributed by atoms with E-state index in [1.54, 1.807) is 12.1 Å². The van der Waals surface area contributed by atoms with Crippen molar-refractivity contribution in [3.05, 3.63) is 34.6 Å². The van der Waals surface area contributed by atoms with E-state index < -0.39 is 5.82 Å². The molecule has 0 radical (unpaired) electrons. The average Bonchev–Trinajstić information content (AvgIpc) is 2.34. The van der Waals surface area contributed by atoms with Gasteiger partial charge in [-0.25, -0.2) is 4.39 Å². The molecule has 100 valence electrons. The lowest BCUT2D eigenvalue weighted by atomic mass is 10.1. The summed E-state index contributed by atoms with van der Waals surface area (Å²) in [6.45, 7) is 2.33. The molecule has 0 aliphatic heterocycles. The van der Waals surface area contributed by atoms with Gasteiger partial charge in [0.05, 0.1) is 5.02 Å². The van der Waals surface area contributed by atoms with E-state index in [1.807, 2.05) is 18.9 Å². The first-order valence-corrected chi connectivity index (χ1v) is 5.93. The summed E-state index contributed by atoms with van der Waals surface area (Å²) in [7, 11) is 1.84. The van der Waals surface area contributed by atoms with E-state index in [1.165, 1.54) is 6.07 Å². The van der Waals surface area contributed by atoms with Crippen molar-refractivity contribution in [3.8, 4) is 0 Å². The van der Waals surface area contributed by atoms with E-state index in [2.05, 4.69) is 5.16 Å². The number of rotatable bonds is 5. The van der Waals surface area contributed by atoms with Gasteiger partial charge in [-0.1, -0.05) is 28.9 Å². The van der Waals surface area contributed by atoms with Gasteiger partial charge in [0, 0.05) is 24.6 Å². The molecular weight excluding hydrogens is 257 g/mol. The minimum absolute atomic E-state index is 0.0271. The number of hydrogen-bond donors (Lipinski definition) is 2. The largest absolute Gasteiger partial charge is 0.409 e. The molecule has 0 saturated heterocycles. The molecule has 1 atom stereocenters. The molecule has 0 bridgehead atoms. The minimum atomic E-state index is -0.401. The Morgan fingerprint density at radius 1 is 1.61 bits per heavy atom. The van der Waals surface area contributed by atoms with Crippen LogP contribution in [0.5, 0.6) is 0 Å². The first kappa shape index (κ1) is 14.7. The molecule has 0 fully saturated rings. The summed E-state index contributed by atoms with van der Waals surface area (Å²) in [6, 6.07) is 4.94. The topological polar surface area (TPSA) is 61.9 Å². The molecule has 0 aromatic heterocycles. The molecule has 1 unspecified atom stereocenters. The van der Waals surface area contributed by atoms with Crippen LogP contribution in [0.1, 0.15) is 18.9 Å². The van der Waals surface area contributed by atoms with Crippen molar-refractivity contribution in [2.75, 3.05) is 7.05 Å². The predicted molar refractivity (Wildman–Crippen MR) is 70.4 cm³/mol. The van der Waals surface area contributed by atoms with Crippen molar-refractivity contribution in [2.24, 2.45) is 10.9 Å². The molecule has 18 heavy (non-hydrogen) atoms. The predicted octanol–water partition coefficient (Wildman–Crippen LogP) is 2.44. The Kier molecular flexibility index (Phi) is 5.37. The highest BCUT2D eigenvalue weighted by Crippen LogP contribution is 2.19. The average molecular weight is 274 g/mol. The Bertz CT molecular complexity index is 439. The molecule has 0 heterocycles. The molecular formula is C12H17ClFN3O. The van der Waals surface area contributed by atoms with Crippen LogP contribution in [0.2, 0.25) is 5.02 Å². The van der Waals surface area contributed by atoms with Gasteiger partial charge < -0.3 is 10.9 Å². The summed E-state index contributed by atoms with van der Waals surface area (Å²) >= 11 is 5.72. The fraction of sp³-hybridized carbons (Fsp3) is 0.417. The van der Waals surface area contributed by atoms with Gasteiger partial charge in [-0.05, 0) is 20.0 Å². The van der Waals surface area contributed by atoms with Crippen molar-refractivity contribution in [1.29, 1.82) is 0 Å². The second-order valence-corrected chi connectivity index (χ2v) is 4.68. The Morgan fingerprint density at radius 3 is 2.89 bits per heavy atom. The fourth-order valence-electron chi connectivity index (χ4n) is 1.59. The van der Waals surface area contributed by atoms with Crippen LogP contribution < -0.4 is 5.73 Å². The highest BCUT2D eigenvalue weighted by Gasteiger charge is 2.14. The van der Waals surface area contributed by atoms with Crippen LogP contribution in [-0.2, 0) is 6.54 Å². The molecule has 0 aliphatic carbocycles. The Hall–Kier alpha value is -1.33. The molecule has 3 N–H and O–H groups in total. The molecule has 0 aliphatic rings.